The molecule has 0 spiro atoms. The minimum atomic E-state index is 0.199. The topological polar surface area (TPSA) is 39.1 Å². The number of nitrogens with zero attached hydrogens (tertiary/aromatic N) is 2. The molecule has 108 valence electrons. The molecular formula is C15H27N3O. The van der Waals surface area contributed by atoms with Crippen molar-refractivity contribution in [1.29, 1.82) is 0 Å². The third kappa shape index (κ3) is 3.57. The van der Waals surface area contributed by atoms with Crippen molar-refractivity contribution in [2.45, 2.75) is 46.3 Å². The van der Waals surface area contributed by atoms with Gasteiger partial charge in [-0.05, 0) is 32.7 Å². The number of imidazole rings is 1. The van der Waals surface area contributed by atoms with Gasteiger partial charge < -0.3 is 14.6 Å². The van der Waals surface area contributed by atoms with E-state index in [4.69, 9.17) is 4.74 Å². The van der Waals surface area contributed by atoms with Gasteiger partial charge in [-0.2, -0.15) is 0 Å². The first kappa shape index (κ1) is 14.5. The van der Waals surface area contributed by atoms with E-state index < -0.39 is 0 Å². The van der Waals surface area contributed by atoms with E-state index >= 15 is 0 Å². The van der Waals surface area contributed by atoms with E-state index in [0.29, 0.717) is 17.9 Å². The van der Waals surface area contributed by atoms with Gasteiger partial charge in [0, 0.05) is 25.1 Å². The molecule has 2 rings (SSSR count). The van der Waals surface area contributed by atoms with Crippen molar-refractivity contribution in [3.05, 3.63) is 18.2 Å². The Labute approximate surface area is 116 Å². The summed E-state index contributed by atoms with van der Waals surface area (Å²) in [7, 11) is 0. The highest BCUT2D eigenvalue weighted by Gasteiger charge is 2.31. The van der Waals surface area contributed by atoms with Gasteiger partial charge in [0.25, 0.3) is 0 Å². The lowest BCUT2D eigenvalue weighted by molar-refractivity contribution is 0.0829. The number of nitrogens with one attached hydrogen (secondary N) is 1. The largest absolute Gasteiger partial charge is 0.372 e. The normalized spacial score (nSPS) is 23.7. The zero-order valence-electron chi connectivity index (χ0n) is 12.6. The highest BCUT2D eigenvalue weighted by molar-refractivity contribution is 5.07. The number of rotatable bonds is 6. The van der Waals surface area contributed by atoms with Gasteiger partial charge in [0.15, 0.2) is 0 Å². The fourth-order valence-corrected chi connectivity index (χ4v) is 2.69. The Morgan fingerprint density at radius 1 is 1.42 bits per heavy atom. The average Bonchev–Trinajstić information content (AvgIpc) is 2.94. The molecule has 0 bridgehead atoms. The van der Waals surface area contributed by atoms with E-state index in [2.05, 4.69) is 42.6 Å². The summed E-state index contributed by atoms with van der Waals surface area (Å²) in [6.07, 6.45) is 5.22. The van der Waals surface area contributed by atoms with Crippen LogP contribution in [0.25, 0.3) is 0 Å². The first-order valence-corrected chi connectivity index (χ1v) is 7.43. The molecule has 0 saturated carbocycles. The third-order valence-electron chi connectivity index (χ3n) is 3.72. The van der Waals surface area contributed by atoms with Crippen LogP contribution in [0.3, 0.4) is 0 Å². The van der Waals surface area contributed by atoms with Crippen LogP contribution in [0.2, 0.25) is 0 Å². The molecule has 2 unspecified atom stereocenters. The minimum absolute atomic E-state index is 0.199. The highest BCUT2D eigenvalue weighted by Crippen LogP contribution is 2.34. The van der Waals surface area contributed by atoms with Crippen LogP contribution in [0.5, 0.6) is 0 Å². The molecule has 1 saturated heterocycles. The average molecular weight is 265 g/mol. The van der Waals surface area contributed by atoms with E-state index in [1.54, 1.807) is 0 Å². The SMILES string of the molecule is CC(C)CNCC1CCOC1c1cncn1C(C)C. The standard InChI is InChI=1S/C15H27N3O/c1-11(2)7-16-8-13-5-6-19-15(13)14-9-17-10-18(14)12(3)4/h9-13,15-16H,5-8H2,1-4H3. The quantitative estimate of drug-likeness (QED) is 0.859. The Bertz CT molecular complexity index is 386. The van der Waals surface area contributed by atoms with Crippen LogP contribution in [-0.4, -0.2) is 29.2 Å². The zero-order valence-corrected chi connectivity index (χ0v) is 12.6. The van der Waals surface area contributed by atoms with Gasteiger partial charge in [-0.25, -0.2) is 4.98 Å². The van der Waals surface area contributed by atoms with Crippen LogP contribution in [0.4, 0.5) is 0 Å². The Hall–Kier alpha value is -0.870. The van der Waals surface area contributed by atoms with E-state index in [1.165, 1.54) is 5.69 Å². The Balaban J connectivity index is 1.99. The highest BCUT2D eigenvalue weighted by atomic mass is 16.5. The van der Waals surface area contributed by atoms with Crippen molar-refractivity contribution in [3.63, 3.8) is 0 Å². The smallest absolute Gasteiger partial charge is 0.103 e. The van der Waals surface area contributed by atoms with Crippen LogP contribution < -0.4 is 5.32 Å². The van der Waals surface area contributed by atoms with Gasteiger partial charge in [0.1, 0.15) is 6.10 Å². The first-order valence-electron chi connectivity index (χ1n) is 7.43. The predicted molar refractivity (Wildman–Crippen MR) is 77.1 cm³/mol. The summed E-state index contributed by atoms with van der Waals surface area (Å²) in [4.78, 5) is 4.29. The molecule has 1 aliphatic heterocycles. The monoisotopic (exact) mass is 265 g/mol. The molecule has 1 N–H and O–H groups in total. The van der Waals surface area contributed by atoms with Crippen molar-refractivity contribution in [3.8, 4) is 0 Å². The lowest BCUT2D eigenvalue weighted by Gasteiger charge is -2.22. The summed E-state index contributed by atoms with van der Waals surface area (Å²) in [5.74, 6) is 1.26. The van der Waals surface area contributed by atoms with Crippen LogP contribution in [0, 0.1) is 11.8 Å². The Kier molecular flexibility index (Phi) is 4.99. The second-order valence-electron chi connectivity index (χ2n) is 6.21. The molecule has 0 amide bonds. The van der Waals surface area contributed by atoms with Crippen LogP contribution in [0.1, 0.15) is 52.0 Å². The van der Waals surface area contributed by atoms with Crippen molar-refractivity contribution in [2.75, 3.05) is 19.7 Å². The summed E-state index contributed by atoms with van der Waals surface area (Å²) < 4.78 is 8.19. The van der Waals surface area contributed by atoms with Crippen molar-refractivity contribution in [1.82, 2.24) is 14.9 Å². The molecule has 4 nitrogen and oxygen atoms in total. The van der Waals surface area contributed by atoms with E-state index in [1.807, 2.05) is 12.5 Å². The molecule has 19 heavy (non-hydrogen) atoms. The number of aromatic nitrogens is 2. The molecule has 1 fully saturated rings. The maximum absolute atomic E-state index is 5.96. The molecule has 1 aromatic rings. The fraction of sp³-hybridized carbons (Fsp3) is 0.800. The predicted octanol–water partition coefficient (Wildman–Crippen LogP) is 2.79. The number of ether oxygens (including phenoxy) is 1. The van der Waals surface area contributed by atoms with Crippen molar-refractivity contribution >= 4 is 0 Å². The summed E-state index contributed by atoms with van der Waals surface area (Å²) >= 11 is 0. The van der Waals surface area contributed by atoms with Gasteiger partial charge in [-0.15, -0.1) is 0 Å². The maximum atomic E-state index is 5.96. The van der Waals surface area contributed by atoms with Gasteiger partial charge in [-0.3, -0.25) is 0 Å². The number of hydrogen-bond donors (Lipinski definition) is 1. The molecule has 1 aromatic heterocycles. The second-order valence-corrected chi connectivity index (χ2v) is 6.21. The van der Waals surface area contributed by atoms with E-state index in [-0.39, 0.29) is 6.10 Å². The molecule has 1 aliphatic rings. The van der Waals surface area contributed by atoms with Crippen molar-refractivity contribution < 1.29 is 4.74 Å². The molecular weight excluding hydrogens is 238 g/mol. The van der Waals surface area contributed by atoms with Gasteiger partial charge in [-0.1, -0.05) is 13.8 Å². The first-order chi connectivity index (χ1) is 9.09. The van der Waals surface area contributed by atoms with E-state index in [9.17, 15) is 0 Å². The summed E-state index contributed by atoms with van der Waals surface area (Å²) in [6.45, 7) is 11.8. The van der Waals surface area contributed by atoms with Crippen molar-refractivity contribution in [2.24, 2.45) is 11.8 Å². The summed E-state index contributed by atoms with van der Waals surface area (Å²) in [5, 5.41) is 3.56. The molecule has 4 heteroatoms. The van der Waals surface area contributed by atoms with Crippen LogP contribution >= 0.6 is 0 Å². The zero-order chi connectivity index (χ0) is 13.8. The summed E-state index contributed by atoms with van der Waals surface area (Å²) in [5.41, 5.74) is 1.23. The Morgan fingerprint density at radius 2 is 2.21 bits per heavy atom. The van der Waals surface area contributed by atoms with E-state index in [0.717, 1.165) is 26.1 Å². The summed E-state index contributed by atoms with van der Waals surface area (Å²) in [6, 6.07) is 0.436. The fourth-order valence-electron chi connectivity index (χ4n) is 2.69. The van der Waals surface area contributed by atoms with Gasteiger partial charge >= 0.3 is 0 Å². The molecule has 0 aromatic carbocycles. The Morgan fingerprint density at radius 3 is 2.89 bits per heavy atom. The van der Waals surface area contributed by atoms with Gasteiger partial charge in [0.2, 0.25) is 0 Å². The van der Waals surface area contributed by atoms with Gasteiger partial charge in [0.05, 0.1) is 18.2 Å². The van der Waals surface area contributed by atoms with Crippen LogP contribution in [0.15, 0.2) is 12.5 Å². The van der Waals surface area contributed by atoms with Crippen LogP contribution in [-0.2, 0) is 4.74 Å². The molecule has 2 heterocycles. The second kappa shape index (κ2) is 6.53. The number of hydrogen-bond acceptors (Lipinski definition) is 3. The lowest BCUT2D eigenvalue weighted by Crippen LogP contribution is -2.28. The minimum Gasteiger partial charge on any atom is -0.372 e. The molecule has 2 atom stereocenters. The third-order valence-corrected chi connectivity index (χ3v) is 3.72. The maximum Gasteiger partial charge on any atom is 0.103 e. The molecule has 0 aliphatic carbocycles. The molecule has 0 radical (unpaired) electrons. The lowest BCUT2D eigenvalue weighted by atomic mass is 9.98.